The van der Waals surface area contributed by atoms with E-state index < -0.39 is 14.2 Å². The van der Waals surface area contributed by atoms with Gasteiger partial charge in [0.2, 0.25) is 0 Å². The van der Waals surface area contributed by atoms with Crippen LogP contribution in [0.3, 0.4) is 0 Å². The molecule has 0 N–H and O–H groups in total. The summed E-state index contributed by atoms with van der Waals surface area (Å²) < 4.78 is 19.7. The Bertz CT molecular complexity index is 367. The van der Waals surface area contributed by atoms with E-state index in [1.807, 2.05) is 0 Å². The third-order valence-corrected chi connectivity index (χ3v) is 10.7. The van der Waals surface area contributed by atoms with Crippen molar-refractivity contribution in [1.82, 2.24) is 0 Å². The molecule has 0 spiro atoms. The Morgan fingerprint density at radius 3 is 2.45 bits per heavy atom. The van der Waals surface area contributed by atoms with Crippen LogP contribution >= 0.6 is 22.6 Å². The molecule has 20 heavy (non-hydrogen) atoms. The smallest absolute Gasteiger partial charge is 0.137 e. The van der Waals surface area contributed by atoms with E-state index >= 15 is 0 Å². The normalized spacial score (nSPS) is 28.4. The first kappa shape index (κ1) is 18.4. The maximum atomic E-state index is 13.8. The predicted octanol–water partition coefficient (Wildman–Crippen LogP) is 5.14. The van der Waals surface area contributed by atoms with Gasteiger partial charge in [-0.05, 0) is 17.9 Å². The quantitative estimate of drug-likeness (QED) is 0.201. The minimum Gasteiger partial charge on any atom is -0.364 e. The van der Waals surface area contributed by atoms with Crippen molar-refractivity contribution < 1.29 is 9.13 Å². The second-order valence-electron chi connectivity index (χ2n) is 7.27. The number of halogens is 2. The summed E-state index contributed by atoms with van der Waals surface area (Å²) in [4.78, 5) is 0. The molecule has 0 aromatic carbocycles. The van der Waals surface area contributed by atoms with Crippen LogP contribution in [0.5, 0.6) is 0 Å². The lowest BCUT2D eigenvalue weighted by Crippen LogP contribution is -2.35. The largest absolute Gasteiger partial charge is 0.364 e. The Morgan fingerprint density at radius 2 is 1.85 bits per heavy atom. The molecule has 0 unspecified atom stereocenters. The highest BCUT2D eigenvalue weighted by atomic mass is 127. The van der Waals surface area contributed by atoms with Crippen molar-refractivity contribution in [3.8, 4) is 11.5 Å². The van der Waals surface area contributed by atoms with E-state index in [1.54, 1.807) is 0 Å². The van der Waals surface area contributed by atoms with Crippen LogP contribution in [-0.2, 0) is 4.74 Å². The molecule has 0 saturated heterocycles. The van der Waals surface area contributed by atoms with E-state index in [-0.39, 0.29) is 15.1 Å². The second kappa shape index (κ2) is 7.60. The van der Waals surface area contributed by atoms with Crippen molar-refractivity contribution in [3.05, 3.63) is 0 Å². The van der Waals surface area contributed by atoms with Gasteiger partial charge in [-0.3, -0.25) is 0 Å². The predicted molar refractivity (Wildman–Crippen MR) is 95.9 cm³/mol. The van der Waals surface area contributed by atoms with Gasteiger partial charge >= 0.3 is 0 Å². The van der Waals surface area contributed by atoms with Gasteiger partial charge in [0, 0.05) is 0 Å². The highest BCUT2D eigenvalue weighted by Crippen LogP contribution is 2.35. The van der Waals surface area contributed by atoms with Crippen molar-refractivity contribution in [2.45, 2.75) is 80.8 Å². The van der Waals surface area contributed by atoms with E-state index in [1.165, 1.54) is 0 Å². The van der Waals surface area contributed by atoms with E-state index in [4.69, 9.17) is 4.74 Å². The molecular formula is C16H28FIOSi. The number of hydrogen-bond acceptors (Lipinski definition) is 1. The SMILES string of the molecule is CC(C)(C)[Si](C)(C)C#CCO[C@H]1CCCC[C@H](F)[C@H]1I. The summed E-state index contributed by atoms with van der Waals surface area (Å²) in [5, 5.41) is 0.276. The van der Waals surface area contributed by atoms with Gasteiger partial charge in [-0.15, -0.1) is 5.54 Å². The fourth-order valence-electron chi connectivity index (χ4n) is 2.00. The molecule has 0 bridgehead atoms. The van der Waals surface area contributed by atoms with Crippen LogP contribution in [0.2, 0.25) is 18.1 Å². The zero-order chi connectivity index (χ0) is 15.4. The topological polar surface area (TPSA) is 9.23 Å². The van der Waals surface area contributed by atoms with Gasteiger partial charge in [-0.2, -0.15) is 0 Å². The van der Waals surface area contributed by atoms with Crippen LogP contribution in [0, 0.1) is 11.5 Å². The molecule has 1 aliphatic rings. The first-order valence-electron chi connectivity index (χ1n) is 7.55. The van der Waals surface area contributed by atoms with Gasteiger partial charge < -0.3 is 4.74 Å². The molecule has 1 aliphatic carbocycles. The molecule has 4 heteroatoms. The Kier molecular flexibility index (Phi) is 7.01. The Balaban J connectivity index is 2.52. The van der Waals surface area contributed by atoms with E-state index in [2.05, 4.69) is 67.9 Å². The lowest BCUT2D eigenvalue weighted by molar-refractivity contribution is 0.0612. The summed E-state index contributed by atoms with van der Waals surface area (Å²) in [6.45, 7) is 11.8. The first-order valence-corrected chi connectivity index (χ1v) is 11.8. The molecule has 0 radical (unpaired) electrons. The highest BCUT2D eigenvalue weighted by Gasteiger charge is 2.34. The summed E-state index contributed by atoms with van der Waals surface area (Å²) in [6, 6.07) is 0. The van der Waals surface area contributed by atoms with Crippen LogP contribution in [0.25, 0.3) is 0 Å². The Morgan fingerprint density at radius 1 is 1.25 bits per heavy atom. The molecule has 3 atom stereocenters. The number of rotatable bonds is 2. The molecule has 0 amide bonds. The van der Waals surface area contributed by atoms with Gasteiger partial charge in [0.05, 0.1) is 10.0 Å². The van der Waals surface area contributed by atoms with E-state index in [0.717, 1.165) is 19.3 Å². The summed E-state index contributed by atoms with van der Waals surface area (Å²) in [7, 11) is -1.55. The lowest BCUT2D eigenvalue weighted by atomic mass is 10.1. The average molecular weight is 410 g/mol. The van der Waals surface area contributed by atoms with Gasteiger partial charge in [-0.1, -0.05) is 75.2 Å². The van der Waals surface area contributed by atoms with Gasteiger partial charge in [-0.25, -0.2) is 4.39 Å². The Labute approximate surface area is 138 Å². The molecular weight excluding hydrogens is 382 g/mol. The van der Waals surface area contributed by atoms with Crippen molar-refractivity contribution in [2.75, 3.05) is 6.61 Å². The lowest BCUT2D eigenvalue weighted by Gasteiger charge is -2.31. The summed E-state index contributed by atoms with van der Waals surface area (Å²) in [6.07, 6.45) is 3.01. The van der Waals surface area contributed by atoms with Crippen LogP contribution in [-0.4, -0.2) is 30.9 Å². The molecule has 1 rings (SSSR count). The van der Waals surface area contributed by atoms with Crippen molar-refractivity contribution >= 4 is 30.7 Å². The van der Waals surface area contributed by atoms with Crippen LogP contribution in [0.4, 0.5) is 4.39 Å². The van der Waals surface area contributed by atoms with Crippen molar-refractivity contribution in [3.63, 3.8) is 0 Å². The fraction of sp³-hybridized carbons (Fsp3) is 0.875. The summed E-state index contributed by atoms with van der Waals surface area (Å²) >= 11 is 2.21. The minimum absolute atomic E-state index is 0.0234. The third-order valence-electron chi connectivity index (χ3n) is 4.56. The van der Waals surface area contributed by atoms with Crippen molar-refractivity contribution in [2.24, 2.45) is 0 Å². The van der Waals surface area contributed by atoms with Crippen molar-refractivity contribution in [1.29, 1.82) is 0 Å². The van der Waals surface area contributed by atoms with E-state index in [0.29, 0.717) is 13.0 Å². The van der Waals surface area contributed by atoms with E-state index in [9.17, 15) is 4.39 Å². The fourth-order valence-corrected chi connectivity index (χ4v) is 3.82. The van der Waals surface area contributed by atoms with Crippen LogP contribution < -0.4 is 0 Å². The molecule has 0 aliphatic heterocycles. The molecule has 1 fully saturated rings. The molecule has 1 saturated carbocycles. The van der Waals surface area contributed by atoms with Crippen LogP contribution in [0.15, 0.2) is 0 Å². The number of hydrogen-bond donors (Lipinski definition) is 0. The zero-order valence-electron chi connectivity index (χ0n) is 13.4. The molecule has 0 aromatic heterocycles. The molecule has 116 valence electrons. The molecule has 1 nitrogen and oxygen atoms in total. The maximum absolute atomic E-state index is 13.8. The van der Waals surface area contributed by atoms with Crippen LogP contribution in [0.1, 0.15) is 46.5 Å². The number of ether oxygens (including phenoxy) is 1. The summed E-state index contributed by atoms with van der Waals surface area (Å²) in [5.74, 6) is 3.20. The first-order chi connectivity index (χ1) is 9.15. The molecule has 0 heterocycles. The highest BCUT2D eigenvalue weighted by molar-refractivity contribution is 14.1. The van der Waals surface area contributed by atoms with Gasteiger partial charge in [0.25, 0.3) is 0 Å². The molecule has 0 aromatic rings. The van der Waals surface area contributed by atoms with Gasteiger partial charge in [0.1, 0.15) is 20.9 Å². The Hall–Kier alpha value is 0.397. The number of alkyl halides is 2. The summed E-state index contributed by atoms with van der Waals surface area (Å²) in [5.41, 5.74) is 3.45. The monoisotopic (exact) mass is 410 g/mol. The standard InChI is InChI=1S/C16H28FIOSi/c1-16(2,3)20(4,5)12-8-11-19-14-10-7-6-9-13(17)15(14)18/h13-15H,6-7,9-11H2,1-5H3/t13-,14-,15+/m0/s1. The van der Waals surface area contributed by atoms with Gasteiger partial charge in [0.15, 0.2) is 0 Å². The zero-order valence-corrected chi connectivity index (χ0v) is 16.6. The maximum Gasteiger partial charge on any atom is 0.137 e. The average Bonchev–Trinajstić information content (AvgIpc) is 2.48. The third kappa shape index (κ3) is 5.30. The minimum atomic E-state index is -1.55. The second-order valence-corrected chi connectivity index (χ2v) is 13.7.